The van der Waals surface area contributed by atoms with E-state index in [0.717, 1.165) is 38.2 Å². The third-order valence-corrected chi connectivity index (χ3v) is 4.05. The highest BCUT2D eigenvalue weighted by atomic mass is 16.3. The SMILES string of the molecule is CCN(CC)CCCNCC(O)c1ccc(C(C)C)cc1. The van der Waals surface area contributed by atoms with Crippen LogP contribution in [0.25, 0.3) is 0 Å². The van der Waals surface area contributed by atoms with Crippen LogP contribution in [0.3, 0.4) is 0 Å². The van der Waals surface area contributed by atoms with Crippen LogP contribution in [0.4, 0.5) is 0 Å². The highest BCUT2D eigenvalue weighted by Gasteiger charge is 2.07. The average Bonchev–Trinajstić information content (AvgIpc) is 2.50. The third-order valence-electron chi connectivity index (χ3n) is 4.05. The molecule has 0 aliphatic heterocycles. The standard InChI is InChI=1S/C18H32N2O/c1-5-20(6-2)13-7-12-19-14-18(21)17-10-8-16(9-11-17)15(3)4/h8-11,15,18-19,21H,5-7,12-14H2,1-4H3. The molecule has 0 saturated heterocycles. The second-order valence-corrected chi connectivity index (χ2v) is 5.92. The number of hydrogen-bond acceptors (Lipinski definition) is 3. The summed E-state index contributed by atoms with van der Waals surface area (Å²) >= 11 is 0. The van der Waals surface area contributed by atoms with Crippen molar-refractivity contribution in [3.05, 3.63) is 35.4 Å². The molecule has 0 aliphatic carbocycles. The fourth-order valence-corrected chi connectivity index (χ4v) is 2.43. The molecule has 1 rings (SSSR count). The molecule has 0 aromatic heterocycles. The van der Waals surface area contributed by atoms with E-state index in [-0.39, 0.29) is 0 Å². The van der Waals surface area contributed by atoms with Crippen molar-refractivity contribution in [1.82, 2.24) is 10.2 Å². The predicted octanol–water partition coefficient (Wildman–Crippen LogP) is 3.16. The third kappa shape index (κ3) is 6.60. The van der Waals surface area contributed by atoms with Gasteiger partial charge in [-0.3, -0.25) is 0 Å². The normalized spacial score (nSPS) is 13.1. The van der Waals surface area contributed by atoms with Gasteiger partial charge in [-0.2, -0.15) is 0 Å². The number of benzene rings is 1. The van der Waals surface area contributed by atoms with Gasteiger partial charge in [-0.1, -0.05) is 52.0 Å². The summed E-state index contributed by atoms with van der Waals surface area (Å²) in [5.41, 5.74) is 2.31. The van der Waals surface area contributed by atoms with Crippen LogP contribution in [0.5, 0.6) is 0 Å². The number of rotatable bonds is 10. The van der Waals surface area contributed by atoms with Crippen LogP contribution in [0.1, 0.15) is 57.3 Å². The molecule has 1 unspecified atom stereocenters. The summed E-state index contributed by atoms with van der Waals surface area (Å²) < 4.78 is 0. The van der Waals surface area contributed by atoms with Crippen LogP contribution >= 0.6 is 0 Å². The Bertz CT molecular complexity index is 371. The molecule has 1 atom stereocenters. The number of hydrogen-bond donors (Lipinski definition) is 2. The molecule has 0 radical (unpaired) electrons. The summed E-state index contributed by atoms with van der Waals surface area (Å²) in [4.78, 5) is 2.42. The Labute approximate surface area is 130 Å². The van der Waals surface area contributed by atoms with Crippen molar-refractivity contribution in [3.8, 4) is 0 Å². The summed E-state index contributed by atoms with van der Waals surface area (Å²) in [5.74, 6) is 0.536. The van der Waals surface area contributed by atoms with E-state index in [4.69, 9.17) is 0 Å². The van der Waals surface area contributed by atoms with E-state index >= 15 is 0 Å². The molecule has 2 N–H and O–H groups in total. The summed E-state index contributed by atoms with van der Waals surface area (Å²) in [7, 11) is 0. The second-order valence-electron chi connectivity index (χ2n) is 5.92. The van der Waals surface area contributed by atoms with Crippen LogP contribution < -0.4 is 5.32 Å². The number of aliphatic hydroxyl groups is 1. The number of nitrogens with zero attached hydrogens (tertiary/aromatic N) is 1. The first-order valence-electron chi connectivity index (χ1n) is 8.29. The Morgan fingerprint density at radius 1 is 1.05 bits per heavy atom. The maximum Gasteiger partial charge on any atom is 0.0914 e. The lowest BCUT2D eigenvalue weighted by molar-refractivity contribution is 0.174. The Kier molecular flexibility index (Phi) is 8.58. The van der Waals surface area contributed by atoms with Gasteiger partial charge in [0.1, 0.15) is 0 Å². The van der Waals surface area contributed by atoms with Crippen molar-refractivity contribution in [2.75, 3.05) is 32.7 Å². The highest BCUT2D eigenvalue weighted by Crippen LogP contribution is 2.18. The van der Waals surface area contributed by atoms with Gasteiger partial charge >= 0.3 is 0 Å². The van der Waals surface area contributed by atoms with Crippen molar-refractivity contribution >= 4 is 0 Å². The molecule has 21 heavy (non-hydrogen) atoms. The van der Waals surface area contributed by atoms with E-state index in [2.05, 4.69) is 50.0 Å². The van der Waals surface area contributed by atoms with E-state index in [1.807, 2.05) is 12.1 Å². The molecular weight excluding hydrogens is 260 g/mol. The van der Waals surface area contributed by atoms with Gasteiger partial charge in [-0.15, -0.1) is 0 Å². The van der Waals surface area contributed by atoms with Gasteiger partial charge in [0.2, 0.25) is 0 Å². The molecule has 3 heteroatoms. The highest BCUT2D eigenvalue weighted by molar-refractivity contribution is 5.26. The quantitative estimate of drug-likeness (QED) is 0.650. The van der Waals surface area contributed by atoms with E-state index in [1.54, 1.807) is 0 Å². The summed E-state index contributed by atoms with van der Waals surface area (Å²) in [6.45, 7) is 13.7. The Balaban J connectivity index is 2.25. The minimum atomic E-state index is -0.417. The molecule has 0 bridgehead atoms. The largest absolute Gasteiger partial charge is 0.387 e. The minimum Gasteiger partial charge on any atom is -0.387 e. The van der Waals surface area contributed by atoms with Crippen molar-refractivity contribution < 1.29 is 5.11 Å². The molecule has 120 valence electrons. The maximum atomic E-state index is 10.2. The van der Waals surface area contributed by atoms with Crippen molar-refractivity contribution in [1.29, 1.82) is 0 Å². The molecule has 0 fully saturated rings. The fraction of sp³-hybridized carbons (Fsp3) is 0.667. The van der Waals surface area contributed by atoms with Gasteiger partial charge in [0, 0.05) is 6.54 Å². The number of aliphatic hydroxyl groups excluding tert-OH is 1. The molecule has 1 aromatic rings. The summed E-state index contributed by atoms with van der Waals surface area (Å²) in [6.07, 6.45) is 0.709. The molecule has 0 spiro atoms. The van der Waals surface area contributed by atoms with Gasteiger partial charge in [-0.25, -0.2) is 0 Å². The van der Waals surface area contributed by atoms with E-state index in [1.165, 1.54) is 5.56 Å². The molecule has 0 saturated carbocycles. The van der Waals surface area contributed by atoms with Crippen LogP contribution in [0.2, 0.25) is 0 Å². The molecular formula is C18H32N2O. The first-order valence-corrected chi connectivity index (χ1v) is 8.29. The predicted molar refractivity (Wildman–Crippen MR) is 90.8 cm³/mol. The van der Waals surface area contributed by atoms with Gasteiger partial charge in [0.05, 0.1) is 6.10 Å². The van der Waals surface area contributed by atoms with E-state index in [9.17, 15) is 5.11 Å². The van der Waals surface area contributed by atoms with Crippen LogP contribution in [0, 0.1) is 0 Å². The zero-order valence-electron chi connectivity index (χ0n) is 14.1. The minimum absolute atomic E-state index is 0.417. The first kappa shape index (κ1) is 18.1. The molecule has 0 heterocycles. The topological polar surface area (TPSA) is 35.5 Å². The maximum absolute atomic E-state index is 10.2. The first-order chi connectivity index (χ1) is 10.1. The van der Waals surface area contributed by atoms with Gasteiger partial charge in [-0.05, 0) is 49.6 Å². The molecule has 0 aliphatic rings. The van der Waals surface area contributed by atoms with Crippen molar-refractivity contribution in [3.63, 3.8) is 0 Å². The Hall–Kier alpha value is -0.900. The fourth-order valence-electron chi connectivity index (χ4n) is 2.43. The van der Waals surface area contributed by atoms with Crippen molar-refractivity contribution in [2.45, 2.75) is 46.1 Å². The van der Waals surface area contributed by atoms with Crippen molar-refractivity contribution in [2.24, 2.45) is 0 Å². The van der Waals surface area contributed by atoms with E-state index < -0.39 is 6.10 Å². The monoisotopic (exact) mass is 292 g/mol. The zero-order chi connectivity index (χ0) is 15.7. The van der Waals surface area contributed by atoms with Gasteiger partial charge in [0.25, 0.3) is 0 Å². The Morgan fingerprint density at radius 2 is 1.62 bits per heavy atom. The smallest absolute Gasteiger partial charge is 0.0914 e. The Morgan fingerprint density at radius 3 is 2.14 bits per heavy atom. The van der Waals surface area contributed by atoms with Gasteiger partial charge < -0.3 is 15.3 Å². The van der Waals surface area contributed by atoms with E-state index in [0.29, 0.717) is 12.5 Å². The summed E-state index contributed by atoms with van der Waals surface area (Å²) in [6, 6.07) is 8.31. The van der Waals surface area contributed by atoms with Crippen LogP contribution in [-0.4, -0.2) is 42.7 Å². The molecule has 3 nitrogen and oxygen atoms in total. The molecule has 0 amide bonds. The van der Waals surface area contributed by atoms with Crippen LogP contribution in [0.15, 0.2) is 24.3 Å². The zero-order valence-corrected chi connectivity index (χ0v) is 14.1. The molecule has 1 aromatic carbocycles. The lowest BCUT2D eigenvalue weighted by atomic mass is 10.00. The summed E-state index contributed by atoms with van der Waals surface area (Å²) in [5, 5.41) is 13.5. The lowest BCUT2D eigenvalue weighted by Gasteiger charge is -2.18. The second kappa shape index (κ2) is 9.93. The number of nitrogens with one attached hydrogen (secondary N) is 1. The van der Waals surface area contributed by atoms with Gasteiger partial charge in [0.15, 0.2) is 0 Å². The average molecular weight is 292 g/mol. The lowest BCUT2D eigenvalue weighted by Crippen LogP contribution is -2.28. The van der Waals surface area contributed by atoms with Crippen LogP contribution in [-0.2, 0) is 0 Å².